The van der Waals surface area contributed by atoms with Gasteiger partial charge in [-0.05, 0) is 43.0 Å². The van der Waals surface area contributed by atoms with Gasteiger partial charge in [0.1, 0.15) is 16.5 Å². The highest BCUT2D eigenvalue weighted by Gasteiger charge is 2.23. The van der Waals surface area contributed by atoms with E-state index in [1.54, 1.807) is 0 Å². The van der Waals surface area contributed by atoms with Gasteiger partial charge in [-0.3, -0.25) is 4.90 Å². The average Bonchev–Trinajstić information content (AvgIpc) is 3.23. The molecule has 27 heavy (non-hydrogen) atoms. The van der Waals surface area contributed by atoms with Crippen LogP contribution in [0.1, 0.15) is 22.7 Å². The van der Waals surface area contributed by atoms with E-state index in [4.69, 9.17) is 26.3 Å². The van der Waals surface area contributed by atoms with E-state index < -0.39 is 0 Å². The van der Waals surface area contributed by atoms with Crippen molar-refractivity contribution in [2.24, 2.45) is 0 Å². The number of thiophene rings is 1. The lowest BCUT2D eigenvalue weighted by atomic mass is 10.2. The van der Waals surface area contributed by atoms with E-state index in [9.17, 15) is 0 Å². The first-order valence-corrected chi connectivity index (χ1v) is 10.6. The third-order valence-corrected chi connectivity index (χ3v) is 6.59. The predicted molar refractivity (Wildman–Crippen MR) is 110 cm³/mol. The highest BCUT2D eigenvalue weighted by molar-refractivity contribution is 7.19. The molecule has 2 aromatic heterocycles. The predicted octanol–water partition coefficient (Wildman–Crippen LogP) is 4.41. The van der Waals surface area contributed by atoms with Crippen LogP contribution < -0.4 is 5.32 Å². The molecule has 0 atom stereocenters. The summed E-state index contributed by atoms with van der Waals surface area (Å²) in [6.45, 7) is 4.18. The zero-order valence-corrected chi connectivity index (χ0v) is 16.6. The monoisotopic (exact) mass is 400 g/mol. The number of nitrogens with one attached hydrogen (secondary N) is 1. The Hall–Kier alpha value is -1.73. The van der Waals surface area contributed by atoms with Crippen molar-refractivity contribution in [3.63, 3.8) is 0 Å². The van der Waals surface area contributed by atoms with Crippen LogP contribution in [0.3, 0.4) is 0 Å². The molecule has 1 aliphatic heterocycles. The third kappa shape index (κ3) is 3.55. The molecule has 1 aromatic carbocycles. The van der Waals surface area contributed by atoms with Crippen LogP contribution in [0.4, 0.5) is 11.5 Å². The first-order valence-electron chi connectivity index (χ1n) is 9.40. The van der Waals surface area contributed by atoms with E-state index in [0.29, 0.717) is 0 Å². The fourth-order valence-electron chi connectivity index (χ4n) is 3.86. The highest BCUT2D eigenvalue weighted by atomic mass is 35.5. The maximum Gasteiger partial charge on any atom is 0.146 e. The molecule has 1 fully saturated rings. The molecule has 2 aliphatic rings. The van der Waals surface area contributed by atoms with Gasteiger partial charge >= 0.3 is 0 Å². The molecule has 0 radical (unpaired) electrons. The average molecular weight is 401 g/mol. The number of rotatable bonds is 4. The summed E-state index contributed by atoms with van der Waals surface area (Å²) in [5.41, 5.74) is 2.38. The standard InChI is InChI=1S/C20H21ClN4OS/c21-13-3-1-4-14(11-13)22-19-18-15-5-2-6-16(15)27-20(18)24-17(23-19)12-25-7-9-26-10-8-25/h1,3-4,11H,2,5-10,12H2,(H,22,23,24). The van der Waals surface area contributed by atoms with Gasteiger partial charge in [-0.2, -0.15) is 0 Å². The van der Waals surface area contributed by atoms with Crippen LogP contribution in [0.15, 0.2) is 24.3 Å². The fraction of sp³-hybridized carbons (Fsp3) is 0.400. The second kappa shape index (κ2) is 7.36. The minimum Gasteiger partial charge on any atom is -0.379 e. The Morgan fingerprint density at radius 1 is 1.19 bits per heavy atom. The van der Waals surface area contributed by atoms with E-state index in [1.807, 2.05) is 35.6 Å². The minimum absolute atomic E-state index is 0.717. The van der Waals surface area contributed by atoms with Gasteiger partial charge in [0.2, 0.25) is 0 Å². The van der Waals surface area contributed by atoms with Crippen LogP contribution in [0, 0.1) is 0 Å². The van der Waals surface area contributed by atoms with Crippen LogP contribution >= 0.6 is 22.9 Å². The van der Waals surface area contributed by atoms with Gasteiger partial charge in [-0.15, -0.1) is 11.3 Å². The molecule has 3 heterocycles. The Labute approximate surface area is 167 Å². The van der Waals surface area contributed by atoms with Crippen molar-refractivity contribution in [2.45, 2.75) is 25.8 Å². The Kier molecular flexibility index (Phi) is 4.73. The van der Waals surface area contributed by atoms with Gasteiger partial charge in [-0.1, -0.05) is 17.7 Å². The molecule has 0 amide bonds. The molecule has 5 rings (SSSR count). The number of nitrogens with zero attached hydrogens (tertiary/aromatic N) is 3. The van der Waals surface area contributed by atoms with E-state index >= 15 is 0 Å². The molecule has 3 aromatic rings. The van der Waals surface area contributed by atoms with Gasteiger partial charge in [0, 0.05) is 28.7 Å². The highest BCUT2D eigenvalue weighted by Crippen LogP contribution is 2.40. The first kappa shape index (κ1) is 17.4. The minimum atomic E-state index is 0.717. The molecular formula is C20H21ClN4OS. The first-order chi connectivity index (χ1) is 13.3. The largest absolute Gasteiger partial charge is 0.379 e. The Balaban J connectivity index is 1.55. The van der Waals surface area contributed by atoms with E-state index in [-0.39, 0.29) is 0 Å². The van der Waals surface area contributed by atoms with Gasteiger partial charge in [0.25, 0.3) is 0 Å². The number of aryl methyl sites for hydroxylation is 2. The van der Waals surface area contributed by atoms with E-state index in [1.165, 1.54) is 22.2 Å². The number of anilines is 2. The van der Waals surface area contributed by atoms with Crippen molar-refractivity contribution in [3.05, 3.63) is 45.6 Å². The lowest BCUT2D eigenvalue weighted by Crippen LogP contribution is -2.36. The number of hydrogen-bond donors (Lipinski definition) is 1. The lowest BCUT2D eigenvalue weighted by Gasteiger charge is -2.25. The summed E-state index contributed by atoms with van der Waals surface area (Å²) >= 11 is 8.00. The molecular weight excluding hydrogens is 380 g/mol. The van der Waals surface area contributed by atoms with Crippen molar-refractivity contribution in [3.8, 4) is 0 Å². The molecule has 0 spiro atoms. The van der Waals surface area contributed by atoms with Crippen molar-refractivity contribution in [1.82, 2.24) is 14.9 Å². The van der Waals surface area contributed by atoms with Crippen LogP contribution in [0.5, 0.6) is 0 Å². The Bertz CT molecular complexity index is 984. The molecule has 0 bridgehead atoms. The van der Waals surface area contributed by atoms with Crippen LogP contribution in [-0.4, -0.2) is 41.2 Å². The molecule has 1 aliphatic carbocycles. The number of aromatic nitrogens is 2. The van der Waals surface area contributed by atoms with Crippen LogP contribution in [0.25, 0.3) is 10.2 Å². The second-order valence-corrected chi connectivity index (χ2v) is 8.57. The molecule has 0 unspecified atom stereocenters. The maximum absolute atomic E-state index is 6.17. The Morgan fingerprint density at radius 3 is 2.93 bits per heavy atom. The van der Waals surface area contributed by atoms with Gasteiger partial charge in [0.05, 0.1) is 25.1 Å². The zero-order chi connectivity index (χ0) is 18.2. The molecule has 5 nitrogen and oxygen atoms in total. The summed E-state index contributed by atoms with van der Waals surface area (Å²) in [7, 11) is 0. The summed E-state index contributed by atoms with van der Waals surface area (Å²) in [5, 5.41) is 5.42. The van der Waals surface area contributed by atoms with Gasteiger partial charge in [0.15, 0.2) is 0 Å². The molecule has 7 heteroatoms. The van der Waals surface area contributed by atoms with Crippen molar-refractivity contribution in [2.75, 3.05) is 31.6 Å². The summed E-state index contributed by atoms with van der Waals surface area (Å²) in [6.07, 6.45) is 3.50. The molecule has 0 saturated carbocycles. The van der Waals surface area contributed by atoms with Gasteiger partial charge in [-0.25, -0.2) is 9.97 Å². The molecule has 1 saturated heterocycles. The number of fused-ring (bicyclic) bond motifs is 3. The fourth-order valence-corrected chi connectivity index (χ4v) is 5.33. The van der Waals surface area contributed by atoms with Gasteiger partial charge < -0.3 is 10.1 Å². The number of benzene rings is 1. The van der Waals surface area contributed by atoms with Crippen molar-refractivity contribution in [1.29, 1.82) is 0 Å². The normalized spacial score (nSPS) is 17.4. The van der Waals surface area contributed by atoms with Crippen LogP contribution in [-0.2, 0) is 24.1 Å². The Morgan fingerprint density at radius 2 is 2.07 bits per heavy atom. The van der Waals surface area contributed by atoms with E-state index in [2.05, 4.69) is 10.2 Å². The molecule has 1 N–H and O–H groups in total. The third-order valence-electron chi connectivity index (χ3n) is 5.17. The number of hydrogen-bond acceptors (Lipinski definition) is 6. The lowest BCUT2D eigenvalue weighted by molar-refractivity contribution is 0.0331. The zero-order valence-electron chi connectivity index (χ0n) is 15.0. The smallest absolute Gasteiger partial charge is 0.146 e. The maximum atomic E-state index is 6.17. The van der Waals surface area contributed by atoms with Crippen molar-refractivity contribution < 1.29 is 4.74 Å². The molecule has 140 valence electrons. The number of halogens is 1. The number of morpholine rings is 1. The summed E-state index contributed by atoms with van der Waals surface area (Å²) in [4.78, 5) is 14.8. The quantitative estimate of drug-likeness (QED) is 0.703. The van der Waals surface area contributed by atoms with E-state index in [0.717, 1.165) is 72.9 Å². The summed E-state index contributed by atoms with van der Waals surface area (Å²) < 4.78 is 5.46. The topological polar surface area (TPSA) is 50.3 Å². The second-order valence-electron chi connectivity index (χ2n) is 7.05. The summed E-state index contributed by atoms with van der Waals surface area (Å²) in [5.74, 6) is 1.78. The van der Waals surface area contributed by atoms with Crippen molar-refractivity contribution >= 4 is 44.7 Å². The van der Waals surface area contributed by atoms with Crippen LogP contribution in [0.2, 0.25) is 5.02 Å². The SMILES string of the molecule is Clc1cccc(Nc2nc(CN3CCOCC3)nc3sc4c(c23)CCC4)c1. The number of ether oxygens (including phenoxy) is 1. The summed E-state index contributed by atoms with van der Waals surface area (Å²) in [6, 6.07) is 7.79.